The Bertz CT molecular complexity index is 249. The third kappa shape index (κ3) is 6.48. The van der Waals surface area contributed by atoms with Crippen molar-refractivity contribution in [2.75, 3.05) is 7.11 Å². The number of methoxy groups -OCH3 is 1. The average molecular weight is 214 g/mol. The lowest BCUT2D eigenvalue weighted by Gasteiger charge is -2.19. The molecule has 0 bridgehead atoms. The molecule has 0 amide bonds. The first-order valence-corrected chi connectivity index (χ1v) is 7.91. The maximum atomic E-state index is 11.0. The monoisotopic (exact) mass is 214 g/mol. The predicted octanol–water partition coefficient (Wildman–Crippen LogP) is 2.47. The number of hydrogen-bond donors (Lipinski definition) is 0. The summed E-state index contributed by atoms with van der Waals surface area (Å²) in [7, 11) is -0.317. The molecular weight excluding hydrogens is 196 g/mol. The van der Waals surface area contributed by atoms with Gasteiger partial charge in [0.05, 0.1) is 13.2 Å². The van der Waals surface area contributed by atoms with Crippen LogP contribution in [0.15, 0.2) is 24.0 Å². The van der Waals surface area contributed by atoms with Crippen LogP contribution in [0.5, 0.6) is 0 Å². The number of carbonyl (C=O) groups excluding carboxylic acids is 1. The smallest absolute Gasteiger partial charge is 0.334 e. The average Bonchev–Trinajstić information content (AvgIpc) is 2.01. The maximum absolute atomic E-state index is 11.0. The highest BCUT2D eigenvalue weighted by Crippen LogP contribution is 2.11. The van der Waals surface area contributed by atoms with Crippen LogP contribution in [0.4, 0.5) is 0 Å². The third-order valence-corrected chi connectivity index (χ3v) is 2.06. The molecule has 0 aliphatic rings. The van der Waals surface area contributed by atoms with Crippen molar-refractivity contribution in [3.8, 4) is 0 Å². The second-order valence-corrected chi connectivity index (χ2v) is 8.21. The first kappa shape index (κ1) is 13.0. The van der Waals surface area contributed by atoms with Crippen LogP contribution in [-0.4, -0.2) is 21.4 Å². The van der Waals surface area contributed by atoms with Crippen molar-refractivity contribution in [3.63, 3.8) is 0 Å². The minimum Gasteiger partial charge on any atom is -0.544 e. The number of carbonyl (C=O) groups is 1. The number of esters is 1. The summed E-state index contributed by atoms with van der Waals surface area (Å²) in [6.07, 6.45) is 4.95. The Kier molecular flexibility index (Phi) is 5.23. The van der Waals surface area contributed by atoms with E-state index in [0.29, 0.717) is 5.76 Å². The first-order valence-electron chi connectivity index (χ1n) is 4.50. The lowest BCUT2D eigenvalue weighted by molar-refractivity contribution is -0.134. The number of ether oxygens (including phenoxy) is 1. The summed E-state index contributed by atoms with van der Waals surface area (Å²) in [4.78, 5) is 11.0. The summed E-state index contributed by atoms with van der Waals surface area (Å²) in [6.45, 7) is 8.05. The molecule has 0 aromatic rings. The van der Waals surface area contributed by atoms with Gasteiger partial charge in [-0.1, -0.05) is 6.08 Å². The Balaban J connectivity index is 4.60. The summed E-state index contributed by atoms with van der Waals surface area (Å²) in [5.41, 5.74) is 0. The molecule has 0 saturated carbocycles. The summed E-state index contributed by atoms with van der Waals surface area (Å²) >= 11 is 0. The third-order valence-electron chi connectivity index (χ3n) is 1.22. The van der Waals surface area contributed by atoms with Crippen molar-refractivity contribution in [3.05, 3.63) is 24.0 Å². The molecule has 0 N–H and O–H groups in total. The largest absolute Gasteiger partial charge is 0.544 e. The molecule has 0 aromatic carbocycles. The van der Waals surface area contributed by atoms with Crippen molar-refractivity contribution >= 4 is 14.3 Å². The Hall–Kier alpha value is -1.03. The molecule has 0 rings (SSSR count). The molecule has 4 heteroatoms. The minimum atomic E-state index is -1.66. The van der Waals surface area contributed by atoms with E-state index in [1.165, 1.54) is 13.2 Å². The highest BCUT2D eigenvalue weighted by atomic mass is 28.4. The zero-order valence-electron chi connectivity index (χ0n) is 9.46. The van der Waals surface area contributed by atoms with Crippen LogP contribution < -0.4 is 0 Å². The molecule has 0 radical (unpaired) electrons. The van der Waals surface area contributed by atoms with E-state index in [4.69, 9.17) is 4.43 Å². The molecule has 14 heavy (non-hydrogen) atoms. The van der Waals surface area contributed by atoms with Crippen LogP contribution in [0.2, 0.25) is 19.6 Å². The zero-order chi connectivity index (χ0) is 11.2. The summed E-state index contributed by atoms with van der Waals surface area (Å²) in [5.74, 6) is 0.176. The van der Waals surface area contributed by atoms with Gasteiger partial charge >= 0.3 is 5.97 Å². The van der Waals surface area contributed by atoms with Crippen LogP contribution >= 0.6 is 0 Å². The molecule has 0 aliphatic carbocycles. The highest BCUT2D eigenvalue weighted by Gasteiger charge is 2.17. The van der Waals surface area contributed by atoms with Gasteiger partial charge in [-0.15, -0.1) is 0 Å². The van der Waals surface area contributed by atoms with E-state index >= 15 is 0 Å². The maximum Gasteiger partial charge on any atom is 0.334 e. The van der Waals surface area contributed by atoms with Gasteiger partial charge in [0.2, 0.25) is 8.32 Å². The van der Waals surface area contributed by atoms with E-state index in [9.17, 15) is 4.79 Å². The van der Waals surface area contributed by atoms with E-state index in [2.05, 4.69) is 24.4 Å². The fourth-order valence-corrected chi connectivity index (χ4v) is 1.64. The molecule has 0 fully saturated rings. The topological polar surface area (TPSA) is 35.5 Å². The van der Waals surface area contributed by atoms with Crippen molar-refractivity contribution in [1.82, 2.24) is 0 Å². The van der Waals surface area contributed by atoms with Gasteiger partial charge in [0.15, 0.2) is 0 Å². The molecule has 0 atom stereocenters. The lowest BCUT2D eigenvalue weighted by Crippen LogP contribution is -2.24. The molecule has 0 spiro atoms. The van der Waals surface area contributed by atoms with Crippen molar-refractivity contribution < 1.29 is 14.0 Å². The van der Waals surface area contributed by atoms with Crippen LogP contribution in [0.3, 0.4) is 0 Å². The Morgan fingerprint density at radius 2 is 1.86 bits per heavy atom. The predicted molar refractivity (Wildman–Crippen MR) is 59.3 cm³/mol. The first-order chi connectivity index (χ1) is 6.39. The van der Waals surface area contributed by atoms with Crippen molar-refractivity contribution in [2.45, 2.75) is 26.6 Å². The van der Waals surface area contributed by atoms with Gasteiger partial charge < -0.3 is 9.16 Å². The number of rotatable bonds is 4. The van der Waals surface area contributed by atoms with Gasteiger partial charge in [-0.25, -0.2) is 4.79 Å². The lowest BCUT2D eigenvalue weighted by atomic mass is 10.4. The fourth-order valence-electron chi connectivity index (χ4n) is 0.804. The highest BCUT2D eigenvalue weighted by molar-refractivity contribution is 6.70. The number of hydrogen-bond acceptors (Lipinski definition) is 3. The van der Waals surface area contributed by atoms with Crippen LogP contribution in [0.1, 0.15) is 6.92 Å². The van der Waals surface area contributed by atoms with Crippen LogP contribution in [0, 0.1) is 0 Å². The van der Waals surface area contributed by atoms with Gasteiger partial charge in [-0.3, -0.25) is 0 Å². The van der Waals surface area contributed by atoms with Gasteiger partial charge in [0.25, 0.3) is 0 Å². The van der Waals surface area contributed by atoms with E-state index in [1.807, 2.05) is 13.0 Å². The molecule has 0 heterocycles. The van der Waals surface area contributed by atoms with Gasteiger partial charge in [-0.2, -0.15) is 0 Å². The van der Waals surface area contributed by atoms with E-state index < -0.39 is 14.3 Å². The fraction of sp³-hybridized carbons (Fsp3) is 0.500. The molecule has 80 valence electrons. The second kappa shape index (κ2) is 5.65. The van der Waals surface area contributed by atoms with Crippen molar-refractivity contribution in [2.24, 2.45) is 0 Å². The van der Waals surface area contributed by atoms with E-state index in [-0.39, 0.29) is 0 Å². The molecule has 0 saturated heterocycles. The molecule has 0 aromatic heterocycles. The molecule has 0 aliphatic heterocycles. The number of allylic oxidation sites excluding steroid dienone is 2. The van der Waals surface area contributed by atoms with Gasteiger partial charge in [0.1, 0.15) is 5.76 Å². The summed E-state index contributed by atoms with van der Waals surface area (Å²) in [5, 5.41) is 0. The normalized spacial score (nSPS) is 13.1. The Labute approximate surface area is 86.5 Å². The molecule has 3 nitrogen and oxygen atoms in total. The van der Waals surface area contributed by atoms with Gasteiger partial charge in [0, 0.05) is 0 Å². The SMILES string of the molecule is C/C=C/C(=C/C(=O)OC)O[Si](C)(C)C. The quantitative estimate of drug-likeness (QED) is 0.237. The molecule has 0 unspecified atom stereocenters. The Morgan fingerprint density at radius 1 is 1.29 bits per heavy atom. The van der Waals surface area contributed by atoms with Crippen LogP contribution in [0.25, 0.3) is 0 Å². The molecular formula is C10H18O3Si. The second-order valence-electron chi connectivity index (χ2n) is 3.78. The Morgan fingerprint density at radius 3 is 2.21 bits per heavy atom. The van der Waals surface area contributed by atoms with Crippen molar-refractivity contribution in [1.29, 1.82) is 0 Å². The van der Waals surface area contributed by atoms with E-state index in [0.717, 1.165) is 0 Å². The summed E-state index contributed by atoms with van der Waals surface area (Å²) < 4.78 is 10.2. The minimum absolute atomic E-state index is 0.392. The van der Waals surface area contributed by atoms with Crippen LogP contribution in [-0.2, 0) is 14.0 Å². The zero-order valence-corrected chi connectivity index (χ0v) is 10.5. The standard InChI is InChI=1S/C10H18O3Si/c1-6-7-9(8-10(11)12-2)13-14(3,4)5/h6-8H,1-5H3/b7-6+,9-8-. The van der Waals surface area contributed by atoms with Gasteiger partial charge in [-0.05, 0) is 32.6 Å². The summed E-state index contributed by atoms with van der Waals surface area (Å²) in [6, 6.07) is 0. The van der Waals surface area contributed by atoms with E-state index in [1.54, 1.807) is 6.08 Å².